The van der Waals surface area contributed by atoms with Gasteiger partial charge in [-0.2, -0.15) is 0 Å². The third-order valence-corrected chi connectivity index (χ3v) is 3.17. The van der Waals surface area contributed by atoms with E-state index in [1.165, 1.54) is 0 Å². The Kier molecular flexibility index (Phi) is 2.92. The molecule has 84 valence electrons. The molecule has 2 rings (SSSR count). The zero-order valence-electron chi connectivity index (χ0n) is 9.53. The van der Waals surface area contributed by atoms with Crippen LogP contribution in [-0.4, -0.2) is 18.0 Å². The van der Waals surface area contributed by atoms with Crippen LogP contribution in [0.2, 0.25) is 0 Å². The molecule has 16 heavy (non-hydrogen) atoms. The monoisotopic (exact) mass is 216 g/mol. The number of Topliss-reactive ketones (excluding diaryl/α,β-unsaturated/α-hetero) is 1. The molecule has 0 bridgehead atoms. The largest absolute Gasteiger partial charge is 0.370 e. The first kappa shape index (κ1) is 11.1. The Bertz CT molecular complexity index is 400. The Labute approximate surface area is 95.9 Å². The molecule has 0 aliphatic carbocycles. The summed E-state index contributed by atoms with van der Waals surface area (Å²) in [4.78, 5) is 12.2. The number of ketones is 1. The molecule has 1 heterocycles. The Morgan fingerprint density at radius 1 is 1.38 bits per heavy atom. The van der Waals surface area contributed by atoms with Crippen molar-refractivity contribution in [3.63, 3.8) is 0 Å². The van der Waals surface area contributed by atoms with E-state index >= 15 is 0 Å². The average Bonchev–Trinajstić information content (AvgIpc) is 2.77. The smallest absolute Gasteiger partial charge is 0.191 e. The molecule has 0 spiro atoms. The van der Waals surface area contributed by atoms with Crippen molar-refractivity contribution in [3.8, 4) is 0 Å². The Morgan fingerprint density at radius 3 is 2.62 bits per heavy atom. The first-order valence-corrected chi connectivity index (χ1v) is 5.56. The predicted octanol–water partition coefficient (Wildman–Crippen LogP) is 2.99. The van der Waals surface area contributed by atoms with Crippen LogP contribution in [0.3, 0.4) is 0 Å². The number of carbonyl (C=O) groups is 1. The highest BCUT2D eigenvalue weighted by molar-refractivity contribution is 6.09. The van der Waals surface area contributed by atoms with Gasteiger partial charge in [0, 0.05) is 17.7 Å². The zero-order valence-corrected chi connectivity index (χ0v) is 9.53. The summed E-state index contributed by atoms with van der Waals surface area (Å²) in [5, 5.41) is 0. The number of hydrogen-bond donors (Lipinski definition) is 0. The van der Waals surface area contributed by atoms with Crippen molar-refractivity contribution in [3.05, 3.63) is 48.0 Å². The predicted molar refractivity (Wildman–Crippen MR) is 63.5 cm³/mol. The minimum absolute atomic E-state index is 0.00926. The summed E-state index contributed by atoms with van der Waals surface area (Å²) in [6.45, 7) is 6.58. The van der Waals surface area contributed by atoms with Crippen LogP contribution in [0.15, 0.2) is 42.5 Å². The van der Waals surface area contributed by atoms with E-state index in [0.29, 0.717) is 11.1 Å². The van der Waals surface area contributed by atoms with Gasteiger partial charge in [-0.05, 0) is 19.8 Å². The molecular weight excluding hydrogens is 200 g/mol. The molecule has 0 unspecified atom stereocenters. The molecule has 0 amide bonds. The Hall–Kier alpha value is -1.41. The first-order valence-electron chi connectivity index (χ1n) is 5.56. The van der Waals surface area contributed by atoms with Gasteiger partial charge in [-0.15, -0.1) is 0 Å². The third kappa shape index (κ3) is 1.93. The third-order valence-electron chi connectivity index (χ3n) is 3.17. The van der Waals surface area contributed by atoms with Crippen molar-refractivity contribution < 1.29 is 9.53 Å². The van der Waals surface area contributed by atoms with Crippen LogP contribution in [0.25, 0.3) is 0 Å². The molecule has 0 aromatic heterocycles. The van der Waals surface area contributed by atoms with Gasteiger partial charge in [-0.1, -0.05) is 36.9 Å². The highest BCUT2D eigenvalue weighted by Gasteiger charge is 2.36. The molecule has 0 radical (unpaired) electrons. The van der Waals surface area contributed by atoms with Crippen molar-refractivity contribution in [1.29, 1.82) is 0 Å². The summed E-state index contributed by atoms with van der Waals surface area (Å²) >= 11 is 0. The highest BCUT2D eigenvalue weighted by atomic mass is 16.5. The second-order valence-corrected chi connectivity index (χ2v) is 4.36. The Balaban J connectivity index is 2.20. The van der Waals surface area contributed by atoms with Gasteiger partial charge >= 0.3 is 0 Å². The van der Waals surface area contributed by atoms with Gasteiger partial charge in [-0.3, -0.25) is 4.79 Å². The van der Waals surface area contributed by atoms with E-state index in [2.05, 4.69) is 6.58 Å². The van der Waals surface area contributed by atoms with E-state index < -0.39 is 5.60 Å². The molecule has 1 saturated heterocycles. The van der Waals surface area contributed by atoms with Crippen molar-refractivity contribution in [2.75, 3.05) is 6.61 Å². The summed E-state index contributed by atoms with van der Waals surface area (Å²) in [6.07, 6.45) is 1.88. The van der Waals surface area contributed by atoms with Crippen molar-refractivity contribution in [2.45, 2.75) is 25.4 Å². The molecule has 1 aliphatic heterocycles. The molecule has 0 saturated carbocycles. The standard InChI is InChI=1S/C14H16O2/c1-11(14(2)9-6-10-16-14)13(15)12-7-4-3-5-8-12/h3-5,7-8H,1,6,9-10H2,2H3/t14-/m1/s1. The summed E-state index contributed by atoms with van der Waals surface area (Å²) in [7, 11) is 0. The lowest BCUT2D eigenvalue weighted by atomic mass is 9.88. The van der Waals surface area contributed by atoms with Gasteiger partial charge in [-0.25, -0.2) is 0 Å². The van der Waals surface area contributed by atoms with E-state index in [9.17, 15) is 4.79 Å². The maximum atomic E-state index is 12.2. The summed E-state index contributed by atoms with van der Waals surface area (Å²) in [6, 6.07) is 9.24. The van der Waals surface area contributed by atoms with Crippen LogP contribution in [-0.2, 0) is 4.74 Å². The number of benzene rings is 1. The lowest BCUT2D eigenvalue weighted by Gasteiger charge is -2.24. The molecule has 2 heteroatoms. The topological polar surface area (TPSA) is 26.3 Å². The lowest BCUT2D eigenvalue weighted by molar-refractivity contribution is 0.0475. The maximum Gasteiger partial charge on any atom is 0.191 e. The molecule has 1 fully saturated rings. The van der Waals surface area contributed by atoms with Gasteiger partial charge in [0.05, 0.1) is 5.60 Å². The van der Waals surface area contributed by atoms with Gasteiger partial charge in [0.25, 0.3) is 0 Å². The lowest BCUT2D eigenvalue weighted by Crippen LogP contribution is -2.30. The first-order chi connectivity index (χ1) is 7.63. The number of carbonyl (C=O) groups excluding carboxylic acids is 1. The van der Waals surface area contributed by atoms with Crippen LogP contribution >= 0.6 is 0 Å². The van der Waals surface area contributed by atoms with Crippen LogP contribution in [0.1, 0.15) is 30.1 Å². The number of hydrogen-bond acceptors (Lipinski definition) is 2. The van der Waals surface area contributed by atoms with E-state index in [1.54, 1.807) is 0 Å². The molecule has 1 aromatic rings. The molecule has 1 aromatic carbocycles. The van der Waals surface area contributed by atoms with Crippen molar-refractivity contribution >= 4 is 5.78 Å². The summed E-state index contributed by atoms with van der Waals surface area (Å²) in [5.41, 5.74) is 0.785. The highest BCUT2D eigenvalue weighted by Crippen LogP contribution is 2.33. The Morgan fingerprint density at radius 2 is 2.06 bits per heavy atom. The van der Waals surface area contributed by atoms with Gasteiger partial charge in [0.15, 0.2) is 5.78 Å². The molecule has 2 nitrogen and oxygen atoms in total. The van der Waals surface area contributed by atoms with E-state index in [-0.39, 0.29) is 5.78 Å². The fourth-order valence-corrected chi connectivity index (χ4v) is 2.02. The van der Waals surface area contributed by atoms with Crippen LogP contribution in [0.5, 0.6) is 0 Å². The minimum atomic E-state index is -0.465. The van der Waals surface area contributed by atoms with Crippen LogP contribution < -0.4 is 0 Å². The normalized spacial score (nSPS) is 24.3. The molecular formula is C14H16O2. The number of ether oxygens (including phenoxy) is 1. The van der Waals surface area contributed by atoms with E-state index in [0.717, 1.165) is 19.4 Å². The van der Waals surface area contributed by atoms with Crippen LogP contribution in [0, 0.1) is 0 Å². The fraction of sp³-hybridized carbons (Fsp3) is 0.357. The van der Waals surface area contributed by atoms with Gasteiger partial charge < -0.3 is 4.74 Å². The quantitative estimate of drug-likeness (QED) is 0.573. The van der Waals surface area contributed by atoms with E-state index in [4.69, 9.17) is 4.74 Å². The van der Waals surface area contributed by atoms with Crippen molar-refractivity contribution in [2.24, 2.45) is 0 Å². The second-order valence-electron chi connectivity index (χ2n) is 4.36. The van der Waals surface area contributed by atoms with E-state index in [1.807, 2.05) is 37.3 Å². The van der Waals surface area contributed by atoms with Gasteiger partial charge in [0.2, 0.25) is 0 Å². The maximum absolute atomic E-state index is 12.2. The number of rotatable bonds is 3. The fourth-order valence-electron chi connectivity index (χ4n) is 2.02. The summed E-state index contributed by atoms with van der Waals surface area (Å²) < 4.78 is 5.62. The molecule has 0 N–H and O–H groups in total. The minimum Gasteiger partial charge on any atom is -0.370 e. The average molecular weight is 216 g/mol. The molecule has 1 atom stereocenters. The zero-order chi connectivity index (χ0) is 11.6. The SMILES string of the molecule is C=C(C(=O)c1ccccc1)[C@@]1(C)CCCO1. The van der Waals surface area contributed by atoms with Crippen molar-refractivity contribution in [1.82, 2.24) is 0 Å². The van der Waals surface area contributed by atoms with Crippen LogP contribution in [0.4, 0.5) is 0 Å². The van der Waals surface area contributed by atoms with Gasteiger partial charge in [0.1, 0.15) is 0 Å². The second kappa shape index (κ2) is 4.22. The molecule has 1 aliphatic rings. The summed E-state index contributed by atoms with van der Waals surface area (Å²) in [5.74, 6) is -0.00926.